The number of nitrogens with zero attached hydrogens (tertiary/aromatic N) is 4. The number of nitrogens with one attached hydrogen (secondary N) is 2. The van der Waals surface area contributed by atoms with Gasteiger partial charge in [-0.3, -0.25) is 19.8 Å². The lowest BCUT2D eigenvalue weighted by atomic mass is 10.1. The first-order valence-electron chi connectivity index (χ1n) is 15.1. The van der Waals surface area contributed by atoms with E-state index in [0.29, 0.717) is 52.1 Å². The zero-order chi connectivity index (χ0) is 34.3. The molecule has 0 bridgehead atoms. The highest BCUT2D eigenvalue weighted by Gasteiger charge is 2.35. The van der Waals surface area contributed by atoms with Gasteiger partial charge in [-0.1, -0.05) is 42.1 Å². The molecule has 10 nitrogen and oxygen atoms in total. The number of alkyl halides is 3. The first-order valence-corrected chi connectivity index (χ1v) is 16.1. The van der Waals surface area contributed by atoms with Crippen LogP contribution in [0.1, 0.15) is 22.1 Å². The number of hydrogen-bond acceptors (Lipinski definition) is 8. The molecule has 0 atom stereocenters. The van der Waals surface area contributed by atoms with Crippen molar-refractivity contribution in [2.75, 3.05) is 27.3 Å². The number of methoxy groups -OCH3 is 2. The van der Waals surface area contributed by atoms with Gasteiger partial charge in [-0.15, -0.1) is 13.2 Å². The number of carbonyl (C=O) groups is 1. The van der Waals surface area contributed by atoms with Gasteiger partial charge in [-0.05, 0) is 47.5 Å². The number of H-pyrrole nitrogens is 1. The molecule has 3 aromatic heterocycles. The Bertz CT molecular complexity index is 2230. The fraction of sp³-hybridized carbons (Fsp3) is 0.200. The molecule has 0 unspecified atom stereocenters. The highest BCUT2D eigenvalue weighted by molar-refractivity contribution is 7.98. The largest absolute Gasteiger partial charge is 0.573 e. The first-order chi connectivity index (χ1) is 23.6. The minimum atomic E-state index is -4.78. The molecular formula is C35H29F3N6O4S. The number of pyridine rings is 1. The average molecular weight is 687 g/mol. The second-order valence-corrected chi connectivity index (χ2v) is 12.4. The lowest BCUT2D eigenvalue weighted by Gasteiger charge is -2.41. The summed E-state index contributed by atoms with van der Waals surface area (Å²) in [6.07, 6.45) is -1.27. The predicted octanol–water partition coefficient (Wildman–Crippen LogP) is 6.96. The minimum absolute atomic E-state index is 0.155. The summed E-state index contributed by atoms with van der Waals surface area (Å²) in [6, 6.07) is 20.5. The molecule has 1 aliphatic rings. The van der Waals surface area contributed by atoms with Crippen LogP contribution < -0.4 is 19.7 Å². The Morgan fingerprint density at radius 3 is 2.45 bits per heavy atom. The number of amides is 1. The van der Waals surface area contributed by atoms with Crippen LogP contribution >= 0.6 is 11.8 Å². The highest BCUT2D eigenvalue weighted by atomic mass is 32.2. The van der Waals surface area contributed by atoms with Gasteiger partial charge in [0.15, 0.2) is 16.7 Å². The maximum atomic E-state index is 13.6. The fourth-order valence-electron chi connectivity index (χ4n) is 5.82. The summed E-state index contributed by atoms with van der Waals surface area (Å²) in [7, 11) is 3.03. The molecule has 0 radical (unpaired) electrons. The number of rotatable bonds is 9. The van der Waals surface area contributed by atoms with Gasteiger partial charge in [0.05, 0.1) is 25.8 Å². The van der Waals surface area contributed by atoms with E-state index in [4.69, 9.17) is 14.5 Å². The van der Waals surface area contributed by atoms with Crippen molar-refractivity contribution >= 4 is 39.5 Å². The molecule has 3 aromatic carbocycles. The van der Waals surface area contributed by atoms with Crippen LogP contribution in [0.3, 0.4) is 0 Å². The maximum absolute atomic E-state index is 13.6. The Balaban J connectivity index is 1.15. The number of carbonyl (C=O) groups excluding carboxylic acids is 1. The maximum Gasteiger partial charge on any atom is 0.573 e. The topological polar surface area (TPSA) is 118 Å². The van der Waals surface area contributed by atoms with E-state index >= 15 is 0 Å². The molecule has 0 saturated carbocycles. The van der Waals surface area contributed by atoms with Gasteiger partial charge in [0, 0.05) is 59.2 Å². The molecule has 2 N–H and O–H groups in total. The van der Waals surface area contributed by atoms with E-state index in [1.165, 1.54) is 38.1 Å². The number of ether oxygens (including phenoxy) is 3. The van der Waals surface area contributed by atoms with Crippen molar-refractivity contribution in [2.45, 2.75) is 23.3 Å². The summed E-state index contributed by atoms with van der Waals surface area (Å²) >= 11 is 1.34. The Labute approximate surface area is 282 Å². The van der Waals surface area contributed by atoms with E-state index in [-0.39, 0.29) is 23.2 Å². The van der Waals surface area contributed by atoms with Crippen LogP contribution in [0.2, 0.25) is 0 Å². The van der Waals surface area contributed by atoms with E-state index in [1.54, 1.807) is 46.1 Å². The third-order valence-electron chi connectivity index (χ3n) is 8.31. The van der Waals surface area contributed by atoms with Crippen molar-refractivity contribution in [1.82, 2.24) is 24.4 Å². The van der Waals surface area contributed by atoms with E-state index in [9.17, 15) is 23.4 Å². The number of aromatic amines is 1. The molecular weight excluding hydrogens is 657 g/mol. The van der Waals surface area contributed by atoms with Gasteiger partial charge in [-0.2, -0.15) is 0 Å². The third kappa shape index (κ3) is 6.51. The van der Waals surface area contributed by atoms with Gasteiger partial charge in [0.1, 0.15) is 16.9 Å². The van der Waals surface area contributed by atoms with Gasteiger partial charge < -0.3 is 24.1 Å². The average Bonchev–Trinajstić information content (AvgIpc) is 3.51. The molecule has 7 rings (SSSR count). The number of thioether (sulfide) groups is 1. The smallest absolute Gasteiger partial charge is 0.493 e. The van der Waals surface area contributed by atoms with E-state index in [0.717, 1.165) is 27.6 Å². The summed E-state index contributed by atoms with van der Waals surface area (Å²) in [4.78, 5) is 27.6. The van der Waals surface area contributed by atoms with Gasteiger partial charge in [0.25, 0.3) is 5.91 Å². The quantitative estimate of drug-likeness (QED) is 0.125. The number of aromatic nitrogens is 4. The number of likely N-dealkylation sites (tertiary alicyclic amines) is 1. The Kier molecular flexibility index (Phi) is 8.40. The van der Waals surface area contributed by atoms with Crippen molar-refractivity contribution in [3.05, 3.63) is 102 Å². The second kappa shape index (κ2) is 12.8. The van der Waals surface area contributed by atoms with Crippen LogP contribution in [0.25, 0.3) is 32.9 Å². The van der Waals surface area contributed by atoms with Crippen LogP contribution in [0.15, 0.2) is 90.3 Å². The molecule has 6 aromatic rings. The standard InChI is InChI=1S/C35H29F3N6O4S/c1-46-30-14-26-28(15-31(30)47-2)42-34(49-19-20-5-9-25(10-6-20)48-35(36,37)38)44(32(26)39)24-17-43(18-24)33(45)29-13-22-8-7-21(12-27(22)41-29)23-4-3-11-40-16-23/h3-16,24,39,41H,17-19H2,1-2H3. The number of benzene rings is 3. The number of hydrogen-bond donors (Lipinski definition) is 2. The molecule has 1 aliphatic heterocycles. The normalized spacial score (nSPS) is 13.4. The van der Waals surface area contributed by atoms with Crippen LogP contribution in [0.4, 0.5) is 13.2 Å². The summed E-state index contributed by atoms with van der Waals surface area (Å²) in [5.74, 6) is 0.815. The molecule has 0 aliphatic carbocycles. The van der Waals surface area contributed by atoms with Gasteiger partial charge in [-0.25, -0.2) is 4.98 Å². The van der Waals surface area contributed by atoms with Crippen LogP contribution in [0.5, 0.6) is 17.2 Å². The van der Waals surface area contributed by atoms with Gasteiger partial charge in [0.2, 0.25) is 0 Å². The van der Waals surface area contributed by atoms with E-state index in [1.807, 2.05) is 36.4 Å². The van der Waals surface area contributed by atoms with Crippen LogP contribution in [-0.2, 0) is 5.75 Å². The zero-order valence-electron chi connectivity index (χ0n) is 26.2. The van der Waals surface area contributed by atoms with E-state index < -0.39 is 6.36 Å². The summed E-state index contributed by atoms with van der Waals surface area (Å²) < 4.78 is 54.6. The minimum Gasteiger partial charge on any atom is -0.493 e. The SMILES string of the molecule is COc1cc2nc(SCc3ccc(OC(F)(F)F)cc3)n(C3CN(C(=O)c4cc5ccc(-c6cccnc6)cc5[nH]4)C3)c(=N)c2cc1OC. The number of halogens is 3. The lowest BCUT2D eigenvalue weighted by molar-refractivity contribution is -0.274. The highest BCUT2D eigenvalue weighted by Crippen LogP contribution is 2.35. The van der Waals surface area contributed by atoms with Crippen molar-refractivity contribution in [2.24, 2.45) is 0 Å². The second-order valence-electron chi connectivity index (χ2n) is 11.4. The molecule has 1 saturated heterocycles. The lowest BCUT2D eigenvalue weighted by Crippen LogP contribution is -2.53. The van der Waals surface area contributed by atoms with Crippen molar-refractivity contribution in [1.29, 1.82) is 5.41 Å². The zero-order valence-corrected chi connectivity index (χ0v) is 27.1. The van der Waals surface area contributed by atoms with Gasteiger partial charge >= 0.3 is 6.36 Å². The molecule has 0 spiro atoms. The Morgan fingerprint density at radius 2 is 1.76 bits per heavy atom. The van der Waals surface area contributed by atoms with Crippen molar-refractivity contribution < 1.29 is 32.2 Å². The summed E-state index contributed by atoms with van der Waals surface area (Å²) in [5.41, 5.74) is 4.71. The fourth-order valence-corrected chi connectivity index (χ4v) is 6.85. The summed E-state index contributed by atoms with van der Waals surface area (Å²) in [6.45, 7) is 0.701. The molecule has 250 valence electrons. The molecule has 1 fully saturated rings. The first kappa shape index (κ1) is 32.1. The third-order valence-corrected chi connectivity index (χ3v) is 9.33. The molecule has 14 heteroatoms. The Morgan fingerprint density at radius 1 is 1.00 bits per heavy atom. The van der Waals surface area contributed by atoms with Crippen molar-refractivity contribution in [3.8, 4) is 28.4 Å². The van der Waals surface area contributed by atoms with E-state index in [2.05, 4.69) is 14.7 Å². The molecule has 1 amide bonds. The van der Waals surface area contributed by atoms with Crippen LogP contribution in [-0.4, -0.2) is 64.0 Å². The Hall–Kier alpha value is -5.50. The molecule has 4 heterocycles. The number of fused-ring (bicyclic) bond motifs is 2. The monoisotopic (exact) mass is 686 g/mol. The molecule has 49 heavy (non-hydrogen) atoms. The predicted molar refractivity (Wildman–Crippen MR) is 178 cm³/mol. The summed E-state index contributed by atoms with van der Waals surface area (Å²) in [5, 5.41) is 11.2. The van der Waals surface area contributed by atoms with Crippen LogP contribution in [0, 0.1) is 5.41 Å². The van der Waals surface area contributed by atoms with Crippen molar-refractivity contribution in [3.63, 3.8) is 0 Å².